The van der Waals surface area contributed by atoms with E-state index in [0.717, 1.165) is 32.1 Å². The van der Waals surface area contributed by atoms with E-state index in [-0.39, 0.29) is 6.42 Å². The summed E-state index contributed by atoms with van der Waals surface area (Å²) in [5.41, 5.74) is 0. The first-order valence-electron chi connectivity index (χ1n) is 7.24. The molecule has 0 aliphatic heterocycles. The Kier molecular flexibility index (Phi) is 8.80. The van der Waals surface area contributed by atoms with E-state index in [1.54, 1.807) is 0 Å². The molecule has 0 bridgehead atoms. The number of hydrogen-bond donors (Lipinski definition) is 2. The summed E-state index contributed by atoms with van der Waals surface area (Å²) < 4.78 is 59.5. The van der Waals surface area contributed by atoms with Crippen molar-refractivity contribution in [3.63, 3.8) is 0 Å². The van der Waals surface area contributed by atoms with Crippen LogP contribution in [0.25, 0.3) is 0 Å². The molecule has 4 nitrogen and oxygen atoms in total. The summed E-state index contributed by atoms with van der Waals surface area (Å²) in [4.78, 5) is 0. The highest BCUT2D eigenvalue weighted by Gasteiger charge is 2.55. The second-order valence-electron chi connectivity index (χ2n) is 5.38. The molecule has 8 heteroatoms. The minimum absolute atomic E-state index is 0.240. The van der Waals surface area contributed by atoms with Crippen molar-refractivity contribution >= 4 is 9.84 Å². The van der Waals surface area contributed by atoms with Crippen molar-refractivity contribution in [2.24, 2.45) is 0 Å². The number of halogens is 3. The van der Waals surface area contributed by atoms with Gasteiger partial charge in [0.1, 0.15) is 5.75 Å². The van der Waals surface area contributed by atoms with Gasteiger partial charge in [-0.25, -0.2) is 8.42 Å². The lowest BCUT2D eigenvalue weighted by atomic mass is 10.1. The van der Waals surface area contributed by atoms with E-state index < -0.39 is 33.3 Å². The largest absolute Gasteiger partial charge is 0.443 e. The number of rotatable bonds is 11. The first-order chi connectivity index (χ1) is 9.52. The van der Waals surface area contributed by atoms with Gasteiger partial charge in [0, 0.05) is 0 Å². The molecule has 0 saturated carbocycles. The van der Waals surface area contributed by atoms with Crippen LogP contribution in [0.2, 0.25) is 0 Å². The molecule has 0 heterocycles. The van der Waals surface area contributed by atoms with Gasteiger partial charge in [-0.1, -0.05) is 51.9 Å². The molecular weight excluding hydrogens is 309 g/mol. The average Bonchev–Trinajstić information content (AvgIpc) is 2.29. The molecule has 0 fully saturated rings. The van der Waals surface area contributed by atoms with Crippen molar-refractivity contribution in [1.82, 2.24) is 0 Å². The number of alkyl halides is 3. The summed E-state index contributed by atoms with van der Waals surface area (Å²) in [7, 11) is -4.14. The van der Waals surface area contributed by atoms with Gasteiger partial charge in [0.15, 0.2) is 9.84 Å². The molecule has 0 aliphatic carbocycles. The SMILES string of the molecule is CCCCCCCCCCS(=O)(=O)CC(O)(O)C(F)(F)F. The molecule has 0 amide bonds. The molecule has 0 aromatic carbocycles. The van der Waals surface area contributed by atoms with Gasteiger partial charge in [-0.2, -0.15) is 13.2 Å². The molecular formula is C13H25F3O4S. The van der Waals surface area contributed by atoms with Gasteiger partial charge < -0.3 is 10.2 Å². The maximum atomic E-state index is 12.2. The third-order valence-electron chi connectivity index (χ3n) is 3.18. The van der Waals surface area contributed by atoms with Crippen LogP contribution in [0.5, 0.6) is 0 Å². The summed E-state index contributed by atoms with van der Waals surface area (Å²) >= 11 is 0. The second kappa shape index (κ2) is 8.95. The number of sulfone groups is 1. The van der Waals surface area contributed by atoms with Gasteiger partial charge in [-0.05, 0) is 6.42 Å². The van der Waals surface area contributed by atoms with Crippen LogP contribution < -0.4 is 0 Å². The average molecular weight is 334 g/mol. The maximum Gasteiger partial charge on any atom is 0.443 e. The highest BCUT2D eigenvalue weighted by atomic mass is 32.2. The summed E-state index contributed by atoms with van der Waals surface area (Å²) in [6.07, 6.45) is 1.81. The Labute approximate surface area is 124 Å². The van der Waals surface area contributed by atoms with Gasteiger partial charge in [-0.3, -0.25) is 0 Å². The number of hydrogen-bond acceptors (Lipinski definition) is 4. The Morgan fingerprint density at radius 1 is 0.857 bits per heavy atom. The van der Waals surface area contributed by atoms with Crippen LogP contribution in [0.4, 0.5) is 13.2 Å². The van der Waals surface area contributed by atoms with Crippen LogP contribution in [-0.2, 0) is 9.84 Å². The Morgan fingerprint density at radius 2 is 1.29 bits per heavy atom. The Hall–Kier alpha value is -0.340. The molecule has 0 saturated heterocycles. The molecule has 0 aromatic heterocycles. The van der Waals surface area contributed by atoms with Crippen LogP contribution in [0.15, 0.2) is 0 Å². The zero-order valence-corrected chi connectivity index (χ0v) is 13.1. The van der Waals surface area contributed by atoms with Crippen molar-refractivity contribution < 1.29 is 31.8 Å². The van der Waals surface area contributed by atoms with E-state index in [2.05, 4.69) is 6.92 Å². The van der Waals surface area contributed by atoms with E-state index in [1.807, 2.05) is 0 Å². The van der Waals surface area contributed by atoms with Crippen molar-refractivity contribution in [3.05, 3.63) is 0 Å². The minimum Gasteiger partial charge on any atom is -0.358 e. The fraction of sp³-hybridized carbons (Fsp3) is 1.00. The Bertz CT molecular complexity index is 377. The molecule has 0 spiro atoms. The Morgan fingerprint density at radius 3 is 1.71 bits per heavy atom. The van der Waals surface area contributed by atoms with E-state index in [1.165, 1.54) is 6.42 Å². The molecule has 128 valence electrons. The summed E-state index contributed by atoms with van der Waals surface area (Å²) in [5.74, 6) is -6.34. The van der Waals surface area contributed by atoms with Crippen LogP contribution in [0, 0.1) is 0 Å². The molecule has 0 aromatic rings. The second-order valence-corrected chi connectivity index (χ2v) is 7.57. The Balaban J connectivity index is 3.94. The van der Waals surface area contributed by atoms with Crippen molar-refractivity contribution in [3.8, 4) is 0 Å². The fourth-order valence-electron chi connectivity index (χ4n) is 1.92. The predicted molar refractivity (Wildman–Crippen MR) is 74.5 cm³/mol. The normalized spacial score (nSPS) is 13.6. The summed E-state index contributed by atoms with van der Waals surface area (Å²) in [6.45, 7) is 2.11. The third kappa shape index (κ3) is 9.31. The lowest BCUT2D eigenvalue weighted by Crippen LogP contribution is -2.50. The monoisotopic (exact) mass is 334 g/mol. The van der Waals surface area contributed by atoms with Gasteiger partial charge in [0.05, 0.1) is 5.75 Å². The predicted octanol–water partition coefficient (Wildman–Crippen LogP) is 2.79. The first-order valence-corrected chi connectivity index (χ1v) is 9.06. The maximum absolute atomic E-state index is 12.2. The summed E-state index contributed by atoms with van der Waals surface area (Å²) in [5, 5.41) is 17.5. The van der Waals surface area contributed by atoms with Gasteiger partial charge in [0.25, 0.3) is 5.79 Å². The van der Waals surface area contributed by atoms with Gasteiger partial charge >= 0.3 is 6.18 Å². The van der Waals surface area contributed by atoms with Crippen molar-refractivity contribution in [2.75, 3.05) is 11.5 Å². The molecule has 0 atom stereocenters. The van der Waals surface area contributed by atoms with Crippen LogP contribution in [0.1, 0.15) is 58.3 Å². The molecule has 0 radical (unpaired) electrons. The van der Waals surface area contributed by atoms with E-state index >= 15 is 0 Å². The van der Waals surface area contributed by atoms with E-state index in [9.17, 15) is 21.6 Å². The topological polar surface area (TPSA) is 74.6 Å². The lowest BCUT2D eigenvalue weighted by Gasteiger charge is -2.24. The first kappa shape index (κ1) is 20.7. The van der Waals surface area contributed by atoms with Crippen LogP contribution in [-0.4, -0.2) is 42.1 Å². The smallest absolute Gasteiger partial charge is 0.358 e. The molecule has 0 unspecified atom stereocenters. The fourth-order valence-corrected chi connectivity index (χ4v) is 3.48. The molecule has 0 aliphatic rings. The van der Waals surface area contributed by atoms with Crippen molar-refractivity contribution in [1.29, 1.82) is 0 Å². The van der Waals surface area contributed by atoms with Gasteiger partial charge in [-0.15, -0.1) is 0 Å². The number of unbranched alkanes of at least 4 members (excludes halogenated alkanes) is 7. The van der Waals surface area contributed by atoms with Crippen molar-refractivity contribution in [2.45, 2.75) is 70.3 Å². The number of aliphatic hydroxyl groups is 2. The third-order valence-corrected chi connectivity index (χ3v) is 4.94. The molecule has 21 heavy (non-hydrogen) atoms. The van der Waals surface area contributed by atoms with E-state index in [4.69, 9.17) is 10.2 Å². The zero-order chi connectivity index (χ0) is 16.6. The minimum atomic E-state index is -5.38. The van der Waals surface area contributed by atoms with E-state index in [0.29, 0.717) is 6.42 Å². The molecule has 0 rings (SSSR count). The summed E-state index contributed by atoms with van der Waals surface area (Å²) in [6, 6.07) is 0. The van der Waals surface area contributed by atoms with Crippen LogP contribution in [0.3, 0.4) is 0 Å². The van der Waals surface area contributed by atoms with Gasteiger partial charge in [0.2, 0.25) is 0 Å². The highest BCUT2D eigenvalue weighted by Crippen LogP contribution is 2.29. The quantitative estimate of drug-likeness (QED) is 0.450. The highest BCUT2D eigenvalue weighted by molar-refractivity contribution is 7.91. The molecule has 2 N–H and O–H groups in total. The zero-order valence-electron chi connectivity index (χ0n) is 12.3. The lowest BCUT2D eigenvalue weighted by molar-refractivity contribution is -0.337. The standard InChI is InChI=1S/C13H25F3O4S/c1-2-3-4-5-6-7-8-9-10-21(19,20)11-12(17,18)13(14,15)16/h17-18H,2-11H2,1H3. The van der Waals surface area contributed by atoms with Crippen LogP contribution >= 0.6 is 0 Å².